The standard InChI is InChI=1S/C16H31N3O3S/c1-13-5-4-6-14(11-13)19-15(17-2)18-12-16(23(3,20)21)7-9-22-10-8-16/h13-14H,4-12H2,1-3H3,(H2,17,18,19). The minimum atomic E-state index is -3.16. The zero-order chi connectivity index (χ0) is 16.9. The molecular weight excluding hydrogens is 314 g/mol. The van der Waals surface area contributed by atoms with Crippen LogP contribution in [0.3, 0.4) is 0 Å². The van der Waals surface area contributed by atoms with Crippen molar-refractivity contribution in [3.8, 4) is 0 Å². The van der Waals surface area contributed by atoms with Crippen molar-refractivity contribution >= 4 is 15.8 Å². The van der Waals surface area contributed by atoms with Gasteiger partial charge in [-0.05, 0) is 31.6 Å². The molecule has 2 N–H and O–H groups in total. The Morgan fingerprint density at radius 1 is 1.30 bits per heavy atom. The second-order valence-electron chi connectivity index (χ2n) is 7.11. The number of aliphatic imine (C=N–C) groups is 1. The van der Waals surface area contributed by atoms with E-state index in [0.29, 0.717) is 44.6 Å². The lowest BCUT2D eigenvalue weighted by atomic mass is 9.87. The van der Waals surface area contributed by atoms with Gasteiger partial charge in [0.05, 0.1) is 4.75 Å². The maximum absolute atomic E-state index is 12.3. The molecule has 2 fully saturated rings. The Bertz CT molecular complexity index is 513. The molecule has 0 spiro atoms. The molecule has 6 nitrogen and oxygen atoms in total. The van der Waals surface area contributed by atoms with Crippen molar-refractivity contribution in [2.75, 3.05) is 33.1 Å². The van der Waals surface area contributed by atoms with Crippen LogP contribution in [0, 0.1) is 5.92 Å². The Hall–Kier alpha value is -0.820. The van der Waals surface area contributed by atoms with E-state index in [2.05, 4.69) is 22.5 Å². The quantitative estimate of drug-likeness (QED) is 0.593. The van der Waals surface area contributed by atoms with E-state index in [1.165, 1.54) is 19.1 Å². The summed E-state index contributed by atoms with van der Waals surface area (Å²) in [7, 11) is -1.42. The molecule has 1 saturated heterocycles. The van der Waals surface area contributed by atoms with Crippen molar-refractivity contribution in [2.45, 2.75) is 56.2 Å². The number of guanidine groups is 1. The molecule has 1 aliphatic heterocycles. The van der Waals surface area contributed by atoms with Crippen LogP contribution in [0.4, 0.5) is 0 Å². The highest BCUT2D eigenvalue weighted by Gasteiger charge is 2.42. The molecule has 0 amide bonds. The summed E-state index contributed by atoms with van der Waals surface area (Å²) < 4.78 is 29.2. The van der Waals surface area contributed by atoms with Gasteiger partial charge < -0.3 is 15.4 Å². The lowest BCUT2D eigenvalue weighted by Gasteiger charge is -2.36. The van der Waals surface area contributed by atoms with Crippen molar-refractivity contribution < 1.29 is 13.2 Å². The number of hydrogen-bond acceptors (Lipinski definition) is 4. The average Bonchev–Trinajstić information content (AvgIpc) is 2.51. The Morgan fingerprint density at radius 3 is 2.57 bits per heavy atom. The maximum atomic E-state index is 12.3. The molecule has 1 aliphatic carbocycles. The van der Waals surface area contributed by atoms with Crippen LogP contribution in [0.15, 0.2) is 4.99 Å². The van der Waals surface area contributed by atoms with Crippen molar-refractivity contribution in [1.82, 2.24) is 10.6 Å². The van der Waals surface area contributed by atoms with Crippen LogP contribution < -0.4 is 10.6 Å². The number of rotatable bonds is 4. The summed E-state index contributed by atoms with van der Waals surface area (Å²) in [6.07, 6.45) is 7.23. The van der Waals surface area contributed by atoms with Crippen LogP contribution in [-0.4, -0.2) is 58.2 Å². The van der Waals surface area contributed by atoms with Gasteiger partial charge in [0.1, 0.15) is 0 Å². The summed E-state index contributed by atoms with van der Waals surface area (Å²) in [5.74, 6) is 1.44. The summed E-state index contributed by atoms with van der Waals surface area (Å²) >= 11 is 0. The predicted molar refractivity (Wildman–Crippen MR) is 93.5 cm³/mol. The molecule has 0 aromatic carbocycles. The van der Waals surface area contributed by atoms with Crippen LogP contribution in [0.2, 0.25) is 0 Å². The first-order valence-electron chi connectivity index (χ1n) is 8.61. The van der Waals surface area contributed by atoms with Gasteiger partial charge in [0.25, 0.3) is 0 Å². The van der Waals surface area contributed by atoms with Gasteiger partial charge in [-0.15, -0.1) is 0 Å². The zero-order valence-electron chi connectivity index (χ0n) is 14.6. The first kappa shape index (κ1) is 18.5. The van der Waals surface area contributed by atoms with E-state index in [1.807, 2.05) is 0 Å². The van der Waals surface area contributed by atoms with E-state index in [4.69, 9.17) is 4.74 Å². The monoisotopic (exact) mass is 345 g/mol. The predicted octanol–water partition coefficient (Wildman–Crippen LogP) is 1.32. The molecule has 1 heterocycles. The van der Waals surface area contributed by atoms with Gasteiger partial charge in [0.2, 0.25) is 0 Å². The number of nitrogens with zero attached hydrogens (tertiary/aromatic N) is 1. The number of sulfone groups is 1. The van der Waals surface area contributed by atoms with E-state index in [1.54, 1.807) is 7.05 Å². The molecule has 134 valence electrons. The highest BCUT2D eigenvalue weighted by Crippen LogP contribution is 2.28. The van der Waals surface area contributed by atoms with Gasteiger partial charge in [-0.3, -0.25) is 4.99 Å². The minimum absolute atomic E-state index is 0.386. The lowest BCUT2D eigenvalue weighted by Crippen LogP contribution is -2.55. The third kappa shape index (κ3) is 4.83. The van der Waals surface area contributed by atoms with Gasteiger partial charge in [0.15, 0.2) is 15.8 Å². The van der Waals surface area contributed by atoms with Crippen molar-refractivity contribution in [1.29, 1.82) is 0 Å². The first-order valence-corrected chi connectivity index (χ1v) is 10.5. The Labute approximate surface area is 140 Å². The third-order valence-electron chi connectivity index (χ3n) is 5.27. The molecule has 0 aromatic heterocycles. The number of ether oxygens (including phenoxy) is 1. The normalized spacial score (nSPS) is 29.1. The molecule has 7 heteroatoms. The van der Waals surface area contributed by atoms with E-state index in [-0.39, 0.29) is 0 Å². The lowest BCUT2D eigenvalue weighted by molar-refractivity contribution is 0.0756. The van der Waals surface area contributed by atoms with E-state index in [0.717, 1.165) is 18.8 Å². The largest absolute Gasteiger partial charge is 0.381 e. The molecule has 23 heavy (non-hydrogen) atoms. The molecule has 2 unspecified atom stereocenters. The van der Waals surface area contributed by atoms with Crippen molar-refractivity contribution in [3.05, 3.63) is 0 Å². The Kier molecular flexibility index (Phi) is 6.31. The van der Waals surface area contributed by atoms with Crippen LogP contribution >= 0.6 is 0 Å². The topological polar surface area (TPSA) is 79.8 Å². The van der Waals surface area contributed by atoms with Crippen molar-refractivity contribution in [2.24, 2.45) is 10.9 Å². The number of hydrogen-bond donors (Lipinski definition) is 2. The smallest absolute Gasteiger partial charge is 0.191 e. The molecular formula is C16H31N3O3S. The third-order valence-corrected chi connectivity index (χ3v) is 7.40. The Morgan fingerprint density at radius 2 is 2.00 bits per heavy atom. The van der Waals surface area contributed by atoms with Crippen LogP contribution in [0.5, 0.6) is 0 Å². The fourth-order valence-electron chi connectivity index (χ4n) is 3.62. The van der Waals surface area contributed by atoms with E-state index >= 15 is 0 Å². The summed E-state index contributed by atoms with van der Waals surface area (Å²) in [6, 6.07) is 0.425. The molecule has 0 aromatic rings. The highest BCUT2D eigenvalue weighted by molar-refractivity contribution is 7.92. The molecule has 0 bridgehead atoms. The van der Waals surface area contributed by atoms with Crippen LogP contribution in [0.1, 0.15) is 45.4 Å². The van der Waals surface area contributed by atoms with Crippen LogP contribution in [-0.2, 0) is 14.6 Å². The van der Waals surface area contributed by atoms with Gasteiger partial charge >= 0.3 is 0 Å². The van der Waals surface area contributed by atoms with Gasteiger partial charge in [-0.2, -0.15) is 0 Å². The van der Waals surface area contributed by atoms with Crippen molar-refractivity contribution in [3.63, 3.8) is 0 Å². The van der Waals surface area contributed by atoms with Gasteiger partial charge in [0, 0.05) is 39.1 Å². The second kappa shape index (κ2) is 7.83. The van der Waals surface area contributed by atoms with Crippen LogP contribution in [0.25, 0.3) is 0 Å². The first-order chi connectivity index (χ1) is 10.9. The molecule has 2 atom stereocenters. The summed E-state index contributed by atoms with van der Waals surface area (Å²) in [6.45, 7) is 3.67. The molecule has 1 saturated carbocycles. The van der Waals surface area contributed by atoms with E-state index < -0.39 is 14.6 Å². The van der Waals surface area contributed by atoms with Gasteiger partial charge in [-0.25, -0.2) is 8.42 Å². The zero-order valence-corrected chi connectivity index (χ0v) is 15.4. The fourth-order valence-corrected chi connectivity index (χ4v) is 4.86. The van der Waals surface area contributed by atoms with Gasteiger partial charge in [-0.1, -0.05) is 19.8 Å². The maximum Gasteiger partial charge on any atom is 0.191 e. The van der Waals surface area contributed by atoms with E-state index in [9.17, 15) is 8.42 Å². The summed E-state index contributed by atoms with van der Waals surface area (Å²) in [5, 5.41) is 6.71. The highest BCUT2D eigenvalue weighted by atomic mass is 32.2. The molecule has 0 radical (unpaired) electrons. The molecule has 2 aliphatic rings. The second-order valence-corrected chi connectivity index (χ2v) is 9.52. The average molecular weight is 346 g/mol. The summed E-state index contributed by atoms with van der Waals surface area (Å²) in [4.78, 5) is 4.27. The molecule has 2 rings (SSSR count). The SMILES string of the molecule is CN=C(NCC1(S(C)(=O)=O)CCOCC1)NC1CCCC(C)C1. The Balaban J connectivity index is 1.95. The number of nitrogens with one attached hydrogen (secondary N) is 2. The fraction of sp³-hybridized carbons (Fsp3) is 0.938. The summed E-state index contributed by atoms with van der Waals surface area (Å²) in [5.41, 5.74) is 0. The minimum Gasteiger partial charge on any atom is -0.381 e.